The van der Waals surface area contributed by atoms with E-state index in [-0.39, 0.29) is 0 Å². The van der Waals surface area contributed by atoms with Gasteiger partial charge in [0.25, 0.3) is 0 Å². The summed E-state index contributed by atoms with van der Waals surface area (Å²) >= 11 is 0. The van der Waals surface area contributed by atoms with E-state index in [0.29, 0.717) is 5.69 Å². The number of aryl methyl sites for hydroxylation is 1. The average Bonchev–Trinajstić information content (AvgIpc) is 2.38. The Morgan fingerprint density at radius 3 is 2.63 bits per heavy atom. The van der Waals surface area contributed by atoms with Gasteiger partial charge in [-0.2, -0.15) is 0 Å². The summed E-state index contributed by atoms with van der Waals surface area (Å²) < 4.78 is 5.25. The first-order chi connectivity index (χ1) is 9.08. The molecular weight excluding hydrogens is 236 g/mol. The average molecular weight is 256 g/mol. The molecule has 3 heteroatoms. The Morgan fingerprint density at radius 2 is 1.95 bits per heavy atom. The zero-order chi connectivity index (χ0) is 13.8. The molecule has 0 amide bonds. The highest BCUT2D eigenvalue weighted by Crippen LogP contribution is 2.25. The van der Waals surface area contributed by atoms with E-state index in [4.69, 9.17) is 10.5 Å². The van der Waals surface area contributed by atoms with Gasteiger partial charge >= 0.3 is 0 Å². The van der Waals surface area contributed by atoms with Gasteiger partial charge in [-0.15, -0.1) is 0 Å². The number of hydrogen-bond acceptors (Lipinski definition) is 3. The third kappa shape index (κ3) is 3.41. The van der Waals surface area contributed by atoms with Gasteiger partial charge in [-0.25, -0.2) is 0 Å². The first kappa shape index (κ1) is 13.3. The Balaban J connectivity index is 2.20. The van der Waals surface area contributed by atoms with Gasteiger partial charge in [0.15, 0.2) is 0 Å². The highest BCUT2D eigenvalue weighted by Gasteiger charge is 2.05. The maximum Gasteiger partial charge on any atom is 0.122 e. The number of nitrogen functional groups attached to an aromatic ring is 1. The normalized spacial score (nSPS) is 10.3. The lowest BCUT2D eigenvalue weighted by Gasteiger charge is -2.21. The minimum Gasteiger partial charge on any atom is -0.497 e. The summed E-state index contributed by atoms with van der Waals surface area (Å²) in [5.41, 5.74) is 10.2. The SMILES string of the molecule is COc1cc(N)cc(N(C)Cc2cccc(C)c2)c1. The van der Waals surface area contributed by atoms with Crippen molar-refractivity contribution < 1.29 is 4.74 Å². The molecular formula is C16H20N2O. The van der Waals surface area contributed by atoms with Crippen molar-refractivity contribution in [3.63, 3.8) is 0 Å². The fourth-order valence-electron chi connectivity index (χ4n) is 2.12. The predicted octanol–water partition coefficient (Wildman–Crippen LogP) is 3.22. The molecule has 19 heavy (non-hydrogen) atoms. The van der Waals surface area contributed by atoms with Crippen LogP contribution in [0.5, 0.6) is 5.75 Å². The summed E-state index contributed by atoms with van der Waals surface area (Å²) in [6, 6.07) is 14.3. The largest absolute Gasteiger partial charge is 0.497 e. The zero-order valence-corrected chi connectivity index (χ0v) is 11.7. The molecule has 0 atom stereocenters. The molecule has 0 aliphatic carbocycles. The van der Waals surface area contributed by atoms with E-state index in [2.05, 4.69) is 43.1 Å². The Hall–Kier alpha value is -2.16. The molecule has 3 nitrogen and oxygen atoms in total. The monoisotopic (exact) mass is 256 g/mol. The first-order valence-corrected chi connectivity index (χ1v) is 6.30. The molecule has 0 aromatic heterocycles. The van der Waals surface area contributed by atoms with Gasteiger partial charge in [-0.1, -0.05) is 29.8 Å². The van der Waals surface area contributed by atoms with Crippen molar-refractivity contribution in [2.24, 2.45) is 0 Å². The van der Waals surface area contributed by atoms with Crippen molar-refractivity contribution in [3.8, 4) is 5.75 Å². The van der Waals surface area contributed by atoms with Crippen LogP contribution in [0.2, 0.25) is 0 Å². The Morgan fingerprint density at radius 1 is 1.16 bits per heavy atom. The lowest BCUT2D eigenvalue weighted by Crippen LogP contribution is -2.16. The maximum atomic E-state index is 5.88. The summed E-state index contributed by atoms with van der Waals surface area (Å²) in [5, 5.41) is 0. The smallest absolute Gasteiger partial charge is 0.122 e. The minimum absolute atomic E-state index is 0.713. The molecule has 2 aromatic rings. The minimum atomic E-state index is 0.713. The standard InChI is InChI=1S/C16H20N2O/c1-12-5-4-6-13(7-12)11-18(2)15-8-14(17)9-16(10-15)19-3/h4-10H,11,17H2,1-3H3. The molecule has 0 heterocycles. The number of rotatable bonds is 4. The second-order valence-corrected chi connectivity index (χ2v) is 4.81. The van der Waals surface area contributed by atoms with Gasteiger partial charge in [0.2, 0.25) is 0 Å². The zero-order valence-electron chi connectivity index (χ0n) is 11.7. The van der Waals surface area contributed by atoms with Crippen molar-refractivity contribution in [1.82, 2.24) is 0 Å². The van der Waals surface area contributed by atoms with E-state index in [1.54, 1.807) is 7.11 Å². The van der Waals surface area contributed by atoms with Crippen LogP contribution in [-0.2, 0) is 6.54 Å². The van der Waals surface area contributed by atoms with E-state index >= 15 is 0 Å². The second-order valence-electron chi connectivity index (χ2n) is 4.81. The molecule has 2 N–H and O–H groups in total. The molecule has 0 saturated heterocycles. The quantitative estimate of drug-likeness (QED) is 0.854. The predicted molar refractivity (Wildman–Crippen MR) is 80.7 cm³/mol. The van der Waals surface area contributed by atoms with Gasteiger partial charge in [-0.3, -0.25) is 0 Å². The van der Waals surface area contributed by atoms with E-state index in [9.17, 15) is 0 Å². The molecule has 2 aromatic carbocycles. The first-order valence-electron chi connectivity index (χ1n) is 6.30. The van der Waals surface area contributed by atoms with E-state index < -0.39 is 0 Å². The van der Waals surface area contributed by atoms with Crippen molar-refractivity contribution in [3.05, 3.63) is 53.6 Å². The fraction of sp³-hybridized carbons (Fsp3) is 0.250. The van der Waals surface area contributed by atoms with Crippen LogP contribution >= 0.6 is 0 Å². The molecule has 2 rings (SSSR count). The number of methoxy groups -OCH3 is 1. The molecule has 0 bridgehead atoms. The van der Waals surface area contributed by atoms with Crippen LogP contribution in [-0.4, -0.2) is 14.2 Å². The topological polar surface area (TPSA) is 38.5 Å². The number of benzene rings is 2. The lowest BCUT2D eigenvalue weighted by molar-refractivity contribution is 0.415. The molecule has 0 unspecified atom stereocenters. The van der Waals surface area contributed by atoms with Gasteiger partial charge in [0.1, 0.15) is 5.75 Å². The Bertz CT molecular complexity index is 566. The molecule has 0 fully saturated rings. The fourth-order valence-corrected chi connectivity index (χ4v) is 2.12. The van der Waals surface area contributed by atoms with Crippen LogP contribution in [0.4, 0.5) is 11.4 Å². The number of nitrogens with two attached hydrogens (primary N) is 1. The van der Waals surface area contributed by atoms with Crippen LogP contribution < -0.4 is 15.4 Å². The van der Waals surface area contributed by atoms with Gasteiger partial charge < -0.3 is 15.4 Å². The third-order valence-electron chi connectivity index (χ3n) is 3.09. The molecule has 0 aliphatic heterocycles. The number of ether oxygens (including phenoxy) is 1. The van der Waals surface area contributed by atoms with E-state index in [1.807, 2.05) is 18.2 Å². The maximum absolute atomic E-state index is 5.88. The molecule has 0 radical (unpaired) electrons. The summed E-state index contributed by atoms with van der Waals surface area (Å²) in [7, 11) is 3.70. The van der Waals surface area contributed by atoms with Gasteiger partial charge in [0.05, 0.1) is 7.11 Å². The van der Waals surface area contributed by atoms with Crippen molar-refractivity contribution in [2.75, 3.05) is 24.8 Å². The third-order valence-corrected chi connectivity index (χ3v) is 3.09. The van der Waals surface area contributed by atoms with Crippen LogP contribution in [0.3, 0.4) is 0 Å². The van der Waals surface area contributed by atoms with Crippen molar-refractivity contribution >= 4 is 11.4 Å². The van der Waals surface area contributed by atoms with Crippen molar-refractivity contribution in [2.45, 2.75) is 13.5 Å². The van der Waals surface area contributed by atoms with Crippen LogP contribution in [0, 0.1) is 6.92 Å². The van der Waals surface area contributed by atoms with Gasteiger partial charge in [0, 0.05) is 37.1 Å². The Labute approximate surface area is 114 Å². The summed E-state index contributed by atoms with van der Waals surface area (Å²) in [4.78, 5) is 2.16. The van der Waals surface area contributed by atoms with Gasteiger partial charge in [-0.05, 0) is 18.6 Å². The van der Waals surface area contributed by atoms with Crippen LogP contribution in [0.15, 0.2) is 42.5 Å². The lowest BCUT2D eigenvalue weighted by atomic mass is 10.1. The highest BCUT2D eigenvalue weighted by molar-refractivity contribution is 5.60. The summed E-state index contributed by atoms with van der Waals surface area (Å²) in [5.74, 6) is 0.783. The number of nitrogens with zero attached hydrogens (tertiary/aromatic N) is 1. The molecule has 100 valence electrons. The van der Waals surface area contributed by atoms with Crippen LogP contribution in [0.25, 0.3) is 0 Å². The van der Waals surface area contributed by atoms with E-state index in [1.165, 1.54) is 11.1 Å². The number of hydrogen-bond donors (Lipinski definition) is 1. The summed E-state index contributed by atoms with van der Waals surface area (Å²) in [6.45, 7) is 2.95. The summed E-state index contributed by atoms with van der Waals surface area (Å²) in [6.07, 6.45) is 0. The second kappa shape index (κ2) is 5.65. The van der Waals surface area contributed by atoms with E-state index in [0.717, 1.165) is 18.0 Å². The van der Waals surface area contributed by atoms with Crippen molar-refractivity contribution in [1.29, 1.82) is 0 Å². The molecule has 0 spiro atoms. The number of anilines is 2. The highest BCUT2D eigenvalue weighted by atomic mass is 16.5. The van der Waals surface area contributed by atoms with Crippen LogP contribution in [0.1, 0.15) is 11.1 Å². The molecule has 0 aliphatic rings. The Kier molecular flexibility index (Phi) is 3.95. The molecule has 0 saturated carbocycles.